The van der Waals surface area contributed by atoms with E-state index in [0.29, 0.717) is 23.2 Å². The van der Waals surface area contributed by atoms with Crippen molar-refractivity contribution >= 4 is 11.6 Å². The second-order valence-corrected chi connectivity index (χ2v) is 6.51. The Balaban J connectivity index is 2.12. The molecule has 1 fully saturated rings. The molecule has 1 aliphatic rings. The molecule has 1 aromatic heterocycles. The highest BCUT2D eigenvalue weighted by atomic mass is 16.2. The minimum atomic E-state index is 0.00125. The monoisotopic (exact) mass is 277 g/mol. The molecule has 3 unspecified atom stereocenters. The molecule has 0 bridgehead atoms. The molecule has 20 heavy (non-hydrogen) atoms. The summed E-state index contributed by atoms with van der Waals surface area (Å²) in [5, 5.41) is 3.21. The number of nitrogens with one attached hydrogen (secondary N) is 1. The fourth-order valence-corrected chi connectivity index (χ4v) is 3.14. The van der Waals surface area contributed by atoms with Crippen LogP contribution in [0.15, 0.2) is 12.3 Å². The van der Waals surface area contributed by atoms with Crippen LogP contribution in [0.2, 0.25) is 0 Å². The first-order chi connectivity index (χ1) is 9.40. The summed E-state index contributed by atoms with van der Waals surface area (Å²) in [5.41, 5.74) is 7.15. The minimum Gasteiger partial charge on any atom is -0.397 e. The molecule has 2 rings (SSSR count). The number of nitrogens with two attached hydrogens (primary N) is 1. The Labute approximate surface area is 121 Å². The topological polar surface area (TPSA) is 60.1 Å². The lowest BCUT2D eigenvalue weighted by molar-refractivity contribution is 0.0880. The Morgan fingerprint density at radius 3 is 2.75 bits per heavy atom. The second kappa shape index (κ2) is 5.90. The standard InChI is InChI=1S/C16H27N3O/c1-10(2)19-9-13(17)8-15(19)16(20)18-14-7-5-6-11(3)12(14)4/h8-12,14H,5-7,17H2,1-4H3,(H,18,20). The van der Waals surface area contributed by atoms with Crippen LogP contribution in [-0.4, -0.2) is 16.5 Å². The number of nitrogen functional groups attached to an aromatic ring is 1. The zero-order chi connectivity index (χ0) is 14.9. The molecule has 1 amide bonds. The number of hydrogen-bond acceptors (Lipinski definition) is 2. The van der Waals surface area contributed by atoms with Gasteiger partial charge in [0.2, 0.25) is 0 Å². The molecule has 112 valence electrons. The lowest BCUT2D eigenvalue weighted by Crippen LogP contribution is -2.44. The van der Waals surface area contributed by atoms with Crippen molar-refractivity contribution in [1.29, 1.82) is 0 Å². The van der Waals surface area contributed by atoms with E-state index in [2.05, 4.69) is 33.0 Å². The third kappa shape index (κ3) is 3.00. The van der Waals surface area contributed by atoms with E-state index in [1.807, 2.05) is 10.8 Å². The van der Waals surface area contributed by atoms with Crippen LogP contribution in [0.3, 0.4) is 0 Å². The number of nitrogens with zero attached hydrogens (tertiary/aromatic N) is 1. The molecule has 1 aromatic rings. The van der Waals surface area contributed by atoms with Crippen LogP contribution in [0.4, 0.5) is 5.69 Å². The van der Waals surface area contributed by atoms with Crippen molar-refractivity contribution in [2.45, 2.75) is 59.0 Å². The van der Waals surface area contributed by atoms with Gasteiger partial charge in [-0.1, -0.05) is 26.7 Å². The van der Waals surface area contributed by atoms with Gasteiger partial charge in [-0.2, -0.15) is 0 Å². The van der Waals surface area contributed by atoms with Gasteiger partial charge in [0, 0.05) is 18.3 Å². The summed E-state index contributed by atoms with van der Waals surface area (Å²) in [6, 6.07) is 2.28. The van der Waals surface area contributed by atoms with E-state index in [1.165, 1.54) is 12.8 Å². The van der Waals surface area contributed by atoms with Crippen LogP contribution in [0.25, 0.3) is 0 Å². The summed E-state index contributed by atoms with van der Waals surface area (Å²) in [6.07, 6.45) is 5.38. The first-order valence-electron chi connectivity index (χ1n) is 7.68. The maximum Gasteiger partial charge on any atom is 0.268 e. The number of aromatic nitrogens is 1. The van der Waals surface area contributed by atoms with Crippen molar-refractivity contribution < 1.29 is 4.79 Å². The number of carbonyl (C=O) groups excluding carboxylic acids is 1. The first-order valence-corrected chi connectivity index (χ1v) is 7.68. The predicted octanol–water partition coefficient (Wildman–Crippen LogP) is 3.21. The van der Waals surface area contributed by atoms with Crippen molar-refractivity contribution in [3.05, 3.63) is 18.0 Å². The van der Waals surface area contributed by atoms with Crippen LogP contribution in [-0.2, 0) is 0 Å². The maximum absolute atomic E-state index is 12.5. The third-order valence-corrected chi connectivity index (χ3v) is 4.68. The van der Waals surface area contributed by atoms with Crippen LogP contribution in [0.5, 0.6) is 0 Å². The largest absolute Gasteiger partial charge is 0.397 e. The summed E-state index contributed by atoms with van der Waals surface area (Å²) in [7, 11) is 0. The summed E-state index contributed by atoms with van der Waals surface area (Å²) in [6.45, 7) is 8.63. The van der Waals surface area contributed by atoms with Crippen molar-refractivity contribution in [2.24, 2.45) is 11.8 Å². The van der Waals surface area contributed by atoms with Crippen molar-refractivity contribution in [2.75, 3.05) is 5.73 Å². The Bertz CT molecular complexity index is 478. The summed E-state index contributed by atoms with van der Waals surface area (Å²) in [5.74, 6) is 1.21. The SMILES string of the molecule is CC1CCCC(NC(=O)c2cc(N)cn2C(C)C)C1C. The third-order valence-electron chi connectivity index (χ3n) is 4.68. The molecule has 0 saturated heterocycles. The summed E-state index contributed by atoms with van der Waals surface area (Å²) >= 11 is 0. The molecule has 1 heterocycles. The van der Waals surface area contributed by atoms with E-state index in [0.717, 1.165) is 6.42 Å². The van der Waals surface area contributed by atoms with E-state index < -0.39 is 0 Å². The molecule has 0 aromatic carbocycles. The molecule has 1 aliphatic carbocycles. The van der Waals surface area contributed by atoms with E-state index >= 15 is 0 Å². The lowest BCUT2D eigenvalue weighted by Gasteiger charge is -2.34. The quantitative estimate of drug-likeness (QED) is 0.891. The first kappa shape index (κ1) is 14.9. The average molecular weight is 277 g/mol. The van der Waals surface area contributed by atoms with Gasteiger partial charge in [-0.05, 0) is 38.2 Å². The van der Waals surface area contributed by atoms with Gasteiger partial charge in [0.05, 0.1) is 5.69 Å². The predicted molar refractivity (Wildman–Crippen MR) is 82.7 cm³/mol. The van der Waals surface area contributed by atoms with Crippen LogP contribution in [0, 0.1) is 11.8 Å². The highest BCUT2D eigenvalue weighted by Gasteiger charge is 2.29. The van der Waals surface area contributed by atoms with E-state index in [-0.39, 0.29) is 18.0 Å². The highest BCUT2D eigenvalue weighted by Crippen LogP contribution is 2.29. The van der Waals surface area contributed by atoms with E-state index in [9.17, 15) is 4.79 Å². The normalized spacial score (nSPS) is 26.8. The van der Waals surface area contributed by atoms with Gasteiger partial charge in [0.15, 0.2) is 0 Å². The molecule has 1 saturated carbocycles. The Kier molecular flexibility index (Phi) is 4.41. The Morgan fingerprint density at radius 2 is 2.10 bits per heavy atom. The maximum atomic E-state index is 12.5. The summed E-state index contributed by atoms with van der Waals surface area (Å²) < 4.78 is 1.95. The lowest BCUT2D eigenvalue weighted by atomic mass is 9.78. The fraction of sp³-hybridized carbons (Fsp3) is 0.688. The molecule has 0 radical (unpaired) electrons. The average Bonchev–Trinajstić information content (AvgIpc) is 2.77. The van der Waals surface area contributed by atoms with Crippen molar-refractivity contribution in [3.8, 4) is 0 Å². The molecule has 3 N–H and O–H groups in total. The molecule has 0 aliphatic heterocycles. The van der Waals surface area contributed by atoms with Crippen molar-refractivity contribution in [1.82, 2.24) is 9.88 Å². The van der Waals surface area contributed by atoms with E-state index in [1.54, 1.807) is 6.07 Å². The van der Waals surface area contributed by atoms with Gasteiger partial charge in [-0.3, -0.25) is 4.79 Å². The van der Waals surface area contributed by atoms with E-state index in [4.69, 9.17) is 5.73 Å². The van der Waals surface area contributed by atoms with Gasteiger partial charge >= 0.3 is 0 Å². The van der Waals surface area contributed by atoms with Crippen LogP contribution in [0.1, 0.15) is 63.5 Å². The number of rotatable bonds is 3. The minimum absolute atomic E-state index is 0.00125. The molecular formula is C16H27N3O. The Morgan fingerprint density at radius 1 is 1.40 bits per heavy atom. The second-order valence-electron chi connectivity index (χ2n) is 6.51. The summed E-state index contributed by atoms with van der Waals surface area (Å²) in [4.78, 5) is 12.5. The number of hydrogen-bond donors (Lipinski definition) is 2. The van der Waals surface area contributed by atoms with Crippen LogP contribution < -0.4 is 11.1 Å². The molecule has 3 atom stereocenters. The molecule has 4 nitrogen and oxygen atoms in total. The molecule has 4 heteroatoms. The van der Waals surface area contributed by atoms with Gasteiger partial charge in [0.25, 0.3) is 5.91 Å². The highest BCUT2D eigenvalue weighted by molar-refractivity contribution is 5.94. The van der Waals surface area contributed by atoms with Crippen molar-refractivity contribution in [3.63, 3.8) is 0 Å². The van der Waals surface area contributed by atoms with Gasteiger partial charge < -0.3 is 15.6 Å². The van der Waals surface area contributed by atoms with Gasteiger partial charge in [-0.15, -0.1) is 0 Å². The van der Waals surface area contributed by atoms with Gasteiger partial charge in [-0.25, -0.2) is 0 Å². The number of amides is 1. The number of anilines is 1. The zero-order valence-corrected chi connectivity index (χ0v) is 13.0. The zero-order valence-electron chi connectivity index (χ0n) is 13.0. The number of carbonyl (C=O) groups is 1. The van der Waals surface area contributed by atoms with Crippen LogP contribution >= 0.6 is 0 Å². The molecular weight excluding hydrogens is 250 g/mol. The van der Waals surface area contributed by atoms with Gasteiger partial charge in [0.1, 0.15) is 5.69 Å². The smallest absolute Gasteiger partial charge is 0.268 e. The molecule has 0 spiro atoms. The fourth-order valence-electron chi connectivity index (χ4n) is 3.14. The Hall–Kier alpha value is -1.45.